The van der Waals surface area contributed by atoms with E-state index in [1.54, 1.807) is 25.7 Å². The third-order valence-corrected chi connectivity index (χ3v) is 7.08. The van der Waals surface area contributed by atoms with Crippen LogP contribution < -0.4 is 0 Å². The molecule has 1 N–H and O–H groups in total. The number of hydrogen-bond acceptors (Lipinski definition) is 4. The number of aromatic amines is 1. The highest BCUT2D eigenvalue weighted by Gasteiger charge is 2.32. The van der Waals surface area contributed by atoms with Gasteiger partial charge in [0.2, 0.25) is 15.9 Å². The molecule has 1 fully saturated rings. The van der Waals surface area contributed by atoms with E-state index in [1.807, 2.05) is 36.4 Å². The van der Waals surface area contributed by atoms with Crippen LogP contribution in [0.1, 0.15) is 30.3 Å². The fourth-order valence-corrected chi connectivity index (χ4v) is 5.30. The average Bonchev–Trinajstić information content (AvgIpc) is 2.86. The molecule has 1 aromatic carbocycles. The van der Waals surface area contributed by atoms with Gasteiger partial charge in [0.15, 0.2) is 0 Å². The topological polar surface area (TPSA) is 86.4 Å². The summed E-state index contributed by atoms with van der Waals surface area (Å²) >= 11 is 0. The van der Waals surface area contributed by atoms with Crippen LogP contribution in [0.25, 0.3) is 6.08 Å². The summed E-state index contributed by atoms with van der Waals surface area (Å²) in [5, 5.41) is 6.74. The summed E-state index contributed by atoms with van der Waals surface area (Å²) in [4.78, 5) is 14.8. The zero-order chi connectivity index (χ0) is 20.3. The second-order valence-electron chi connectivity index (χ2n) is 7.05. The van der Waals surface area contributed by atoms with E-state index in [4.69, 9.17) is 0 Å². The summed E-state index contributed by atoms with van der Waals surface area (Å²) in [5.41, 5.74) is 2.62. The number of amides is 1. The Morgan fingerprint density at radius 3 is 2.46 bits per heavy atom. The monoisotopic (exact) mass is 402 g/mol. The number of carbonyl (C=O) groups excluding carboxylic acids is 1. The minimum atomic E-state index is -3.63. The molecule has 1 aliphatic heterocycles. The second kappa shape index (κ2) is 8.28. The molecule has 1 saturated heterocycles. The van der Waals surface area contributed by atoms with Gasteiger partial charge in [0.1, 0.15) is 4.90 Å². The van der Waals surface area contributed by atoms with Crippen LogP contribution >= 0.6 is 0 Å². The first-order chi connectivity index (χ1) is 13.3. The normalized spacial score (nSPS) is 16.8. The first-order valence-electron chi connectivity index (χ1n) is 9.35. The number of benzene rings is 1. The minimum Gasteiger partial charge on any atom is -0.338 e. The van der Waals surface area contributed by atoms with Gasteiger partial charge in [-0.1, -0.05) is 30.3 Å². The van der Waals surface area contributed by atoms with Gasteiger partial charge in [0, 0.05) is 31.8 Å². The van der Waals surface area contributed by atoms with E-state index in [0.717, 1.165) is 5.56 Å². The van der Waals surface area contributed by atoms with Crippen molar-refractivity contribution in [2.75, 3.05) is 26.2 Å². The third-order valence-electron chi connectivity index (χ3n) is 4.92. The average molecular weight is 403 g/mol. The van der Waals surface area contributed by atoms with Crippen LogP contribution in [0.15, 0.2) is 40.8 Å². The number of nitrogens with zero attached hydrogens (tertiary/aromatic N) is 3. The molecule has 1 aromatic heterocycles. The molecule has 28 heavy (non-hydrogen) atoms. The summed E-state index contributed by atoms with van der Waals surface area (Å²) in [5.74, 6) is -0.0567. The molecule has 1 amide bonds. The lowest BCUT2D eigenvalue weighted by molar-refractivity contribution is -0.126. The Kier molecular flexibility index (Phi) is 6.00. The van der Waals surface area contributed by atoms with Crippen molar-refractivity contribution in [3.63, 3.8) is 0 Å². The van der Waals surface area contributed by atoms with Gasteiger partial charge in [0.25, 0.3) is 0 Å². The molecule has 3 rings (SSSR count). The van der Waals surface area contributed by atoms with Crippen molar-refractivity contribution in [2.24, 2.45) is 0 Å². The van der Waals surface area contributed by atoms with Crippen LogP contribution in [0.3, 0.4) is 0 Å². The lowest BCUT2D eigenvalue weighted by atomic mass is 10.1. The second-order valence-corrected chi connectivity index (χ2v) is 8.93. The number of carbonyl (C=O) groups is 1. The van der Waals surface area contributed by atoms with Crippen LogP contribution in [0.2, 0.25) is 0 Å². The molecule has 0 unspecified atom stereocenters. The standard InChI is InChI=1S/C20H26N4O3S/c1-15(14-18-8-5-4-6-9-18)20(25)23-10-7-11-24(13-12-23)28(26,27)19-16(2)21-22-17(19)3/h4-6,8-9,14H,7,10-13H2,1-3H3,(H,21,22). The van der Waals surface area contributed by atoms with Gasteiger partial charge in [-0.25, -0.2) is 8.42 Å². The molecule has 0 bridgehead atoms. The Bertz CT molecular complexity index is 961. The van der Waals surface area contributed by atoms with Gasteiger partial charge in [-0.05, 0) is 38.8 Å². The van der Waals surface area contributed by atoms with E-state index >= 15 is 0 Å². The lowest BCUT2D eigenvalue weighted by Crippen LogP contribution is -2.37. The molecular weight excluding hydrogens is 376 g/mol. The predicted octanol–water partition coefficient (Wildman–Crippen LogP) is 2.35. The van der Waals surface area contributed by atoms with E-state index in [9.17, 15) is 13.2 Å². The first-order valence-corrected chi connectivity index (χ1v) is 10.8. The zero-order valence-corrected chi connectivity index (χ0v) is 17.3. The van der Waals surface area contributed by atoms with Crippen molar-refractivity contribution in [2.45, 2.75) is 32.1 Å². The minimum absolute atomic E-state index is 0.0567. The smallest absolute Gasteiger partial charge is 0.249 e. The molecule has 1 aliphatic rings. The maximum absolute atomic E-state index is 13.0. The van der Waals surface area contributed by atoms with Crippen LogP contribution in [-0.4, -0.2) is 59.9 Å². The van der Waals surface area contributed by atoms with Gasteiger partial charge in [0.05, 0.1) is 11.4 Å². The Balaban J connectivity index is 1.73. The number of hydrogen-bond donors (Lipinski definition) is 1. The Labute approximate surface area is 166 Å². The number of aryl methyl sites for hydroxylation is 2. The van der Waals surface area contributed by atoms with Crippen LogP contribution in [0.5, 0.6) is 0 Å². The number of aromatic nitrogens is 2. The van der Waals surface area contributed by atoms with Crippen molar-refractivity contribution in [3.8, 4) is 0 Å². The van der Waals surface area contributed by atoms with E-state index in [-0.39, 0.29) is 17.3 Å². The van der Waals surface area contributed by atoms with Crippen molar-refractivity contribution in [3.05, 3.63) is 52.9 Å². The van der Waals surface area contributed by atoms with Crippen LogP contribution in [0.4, 0.5) is 0 Å². The lowest BCUT2D eigenvalue weighted by Gasteiger charge is -2.22. The first kappa shape index (κ1) is 20.3. The molecule has 0 radical (unpaired) electrons. The van der Waals surface area contributed by atoms with Gasteiger partial charge in [-0.3, -0.25) is 9.89 Å². The fraction of sp³-hybridized carbons (Fsp3) is 0.400. The molecule has 2 heterocycles. The number of sulfonamides is 1. The quantitative estimate of drug-likeness (QED) is 0.796. The largest absolute Gasteiger partial charge is 0.338 e. The highest BCUT2D eigenvalue weighted by atomic mass is 32.2. The molecule has 2 aromatic rings. The van der Waals surface area contributed by atoms with Gasteiger partial charge < -0.3 is 4.90 Å². The Hall–Kier alpha value is -2.45. The van der Waals surface area contributed by atoms with E-state index in [1.165, 1.54) is 4.31 Å². The van der Waals surface area contributed by atoms with Crippen molar-refractivity contribution in [1.29, 1.82) is 0 Å². The molecule has 0 saturated carbocycles. The molecule has 0 aliphatic carbocycles. The summed E-state index contributed by atoms with van der Waals surface area (Å²) in [6, 6.07) is 9.68. The summed E-state index contributed by atoms with van der Waals surface area (Å²) in [6.45, 7) is 6.75. The fourth-order valence-electron chi connectivity index (χ4n) is 3.50. The summed E-state index contributed by atoms with van der Waals surface area (Å²) in [6.07, 6.45) is 2.46. The van der Waals surface area contributed by atoms with Crippen LogP contribution in [-0.2, 0) is 14.8 Å². The van der Waals surface area contributed by atoms with Crippen molar-refractivity contribution in [1.82, 2.24) is 19.4 Å². The van der Waals surface area contributed by atoms with Gasteiger partial charge >= 0.3 is 0 Å². The maximum atomic E-state index is 13.0. The zero-order valence-electron chi connectivity index (χ0n) is 16.5. The maximum Gasteiger partial charge on any atom is 0.249 e. The number of H-pyrrole nitrogens is 1. The SMILES string of the molecule is CC(=Cc1ccccc1)C(=O)N1CCCN(S(=O)(=O)c2c(C)n[nH]c2C)CC1. The molecule has 150 valence electrons. The van der Waals surface area contributed by atoms with Crippen molar-refractivity contribution >= 4 is 22.0 Å². The number of nitrogens with one attached hydrogen (secondary N) is 1. The predicted molar refractivity (Wildman–Crippen MR) is 108 cm³/mol. The summed E-state index contributed by atoms with van der Waals surface area (Å²) < 4.78 is 27.6. The Morgan fingerprint density at radius 1 is 1.11 bits per heavy atom. The highest BCUT2D eigenvalue weighted by Crippen LogP contribution is 2.23. The molecule has 7 nitrogen and oxygen atoms in total. The highest BCUT2D eigenvalue weighted by molar-refractivity contribution is 7.89. The number of rotatable bonds is 4. The molecule has 0 atom stereocenters. The molecule has 8 heteroatoms. The van der Waals surface area contributed by atoms with Gasteiger partial charge in [-0.15, -0.1) is 0 Å². The van der Waals surface area contributed by atoms with Crippen molar-refractivity contribution < 1.29 is 13.2 Å². The third kappa shape index (κ3) is 4.18. The van der Waals surface area contributed by atoms with E-state index in [2.05, 4.69) is 10.2 Å². The van der Waals surface area contributed by atoms with E-state index in [0.29, 0.717) is 43.0 Å². The Morgan fingerprint density at radius 2 is 1.82 bits per heavy atom. The molecular formula is C20H26N4O3S. The van der Waals surface area contributed by atoms with Gasteiger partial charge in [-0.2, -0.15) is 9.40 Å². The van der Waals surface area contributed by atoms with E-state index < -0.39 is 10.0 Å². The van der Waals surface area contributed by atoms with Crippen LogP contribution in [0, 0.1) is 13.8 Å². The summed E-state index contributed by atoms with van der Waals surface area (Å²) in [7, 11) is -3.63. The molecule has 0 spiro atoms.